The van der Waals surface area contributed by atoms with Gasteiger partial charge < -0.3 is 18.6 Å². The summed E-state index contributed by atoms with van der Waals surface area (Å²) in [5.74, 6) is 0. The van der Waals surface area contributed by atoms with E-state index in [1.165, 1.54) is 0 Å². The lowest BCUT2D eigenvalue weighted by Crippen LogP contribution is -2.27. The highest BCUT2D eigenvalue weighted by Crippen LogP contribution is 2.23. The number of aryl methyl sites for hydroxylation is 1. The van der Waals surface area contributed by atoms with Gasteiger partial charge in [-0.2, -0.15) is 0 Å². The number of ether oxygens (including phenoxy) is 2. The van der Waals surface area contributed by atoms with Gasteiger partial charge in [0.2, 0.25) is 0 Å². The molecule has 0 saturated carbocycles. The molecule has 2 rings (SSSR count). The van der Waals surface area contributed by atoms with Crippen LogP contribution in [0.4, 0.5) is 10.5 Å². The van der Waals surface area contributed by atoms with Gasteiger partial charge in [-0.3, -0.25) is 10.1 Å². The number of amides is 1. The minimum Gasteiger partial charge on any atom is -0.444 e. The lowest BCUT2D eigenvalue weighted by Gasteiger charge is -2.19. The summed E-state index contributed by atoms with van der Waals surface area (Å²) in [5.41, 5.74) is 0.454. The summed E-state index contributed by atoms with van der Waals surface area (Å²) < 4.78 is 13.9. The number of carbonyl (C=O) groups excluding carboxylic acids is 1. The Morgan fingerprint density at radius 3 is 2.58 bits per heavy atom. The highest BCUT2D eigenvalue weighted by molar-refractivity contribution is 5.99. The molecule has 0 aliphatic rings. The number of methoxy groups -OCH3 is 1. The van der Waals surface area contributed by atoms with Gasteiger partial charge in [0.1, 0.15) is 5.60 Å². The molecule has 0 unspecified atom stereocenters. The summed E-state index contributed by atoms with van der Waals surface area (Å²) >= 11 is 0. The molecule has 0 atom stereocenters. The highest BCUT2D eigenvalue weighted by Gasteiger charge is 2.20. The van der Waals surface area contributed by atoms with Crippen molar-refractivity contribution < 1.29 is 14.3 Å². The average molecular weight is 335 g/mol. The number of rotatable bonds is 5. The van der Waals surface area contributed by atoms with Gasteiger partial charge in [-0.25, -0.2) is 4.79 Å². The van der Waals surface area contributed by atoms with Crippen molar-refractivity contribution in [1.29, 1.82) is 0 Å². The molecule has 2 aromatic rings. The van der Waals surface area contributed by atoms with Gasteiger partial charge in [-0.1, -0.05) is 0 Å². The lowest BCUT2D eigenvalue weighted by atomic mass is 10.2. The van der Waals surface area contributed by atoms with E-state index >= 15 is 0 Å². The number of nitrogens with one attached hydrogen (secondary N) is 1. The Hall–Kier alpha value is -2.28. The number of pyridine rings is 1. The smallest absolute Gasteiger partial charge is 0.412 e. The molecule has 7 nitrogen and oxygen atoms in total. The van der Waals surface area contributed by atoms with Crippen molar-refractivity contribution in [3.63, 3.8) is 0 Å². The lowest BCUT2D eigenvalue weighted by molar-refractivity contribution is 0.0636. The maximum atomic E-state index is 12.7. The zero-order chi connectivity index (χ0) is 17.9. The van der Waals surface area contributed by atoms with Crippen molar-refractivity contribution in [1.82, 2.24) is 9.13 Å². The molecule has 0 spiro atoms. The molecular formula is C17H25N3O4. The summed E-state index contributed by atoms with van der Waals surface area (Å²) in [6, 6.07) is 1.87. The van der Waals surface area contributed by atoms with Crippen LogP contribution in [0, 0.1) is 0 Å². The van der Waals surface area contributed by atoms with Crippen molar-refractivity contribution in [2.45, 2.75) is 46.4 Å². The Morgan fingerprint density at radius 1 is 1.29 bits per heavy atom. The van der Waals surface area contributed by atoms with Crippen LogP contribution in [0.1, 0.15) is 27.7 Å². The Kier molecular flexibility index (Phi) is 5.33. The van der Waals surface area contributed by atoms with Crippen LogP contribution in [-0.2, 0) is 22.6 Å². The van der Waals surface area contributed by atoms with Crippen molar-refractivity contribution in [3.8, 4) is 0 Å². The number of aromatic nitrogens is 2. The van der Waals surface area contributed by atoms with E-state index in [4.69, 9.17) is 9.47 Å². The summed E-state index contributed by atoms with van der Waals surface area (Å²) in [5, 5.41) is 3.17. The molecule has 0 aromatic carbocycles. The first-order chi connectivity index (χ1) is 11.3. The molecule has 0 fully saturated rings. The first-order valence-corrected chi connectivity index (χ1v) is 7.98. The van der Waals surface area contributed by atoms with Crippen LogP contribution in [0.25, 0.3) is 10.9 Å². The molecule has 24 heavy (non-hydrogen) atoms. The molecular weight excluding hydrogens is 310 g/mol. The van der Waals surface area contributed by atoms with Gasteiger partial charge in [0.15, 0.2) is 0 Å². The van der Waals surface area contributed by atoms with Gasteiger partial charge in [0, 0.05) is 32.6 Å². The molecule has 1 amide bonds. The molecule has 2 heterocycles. The van der Waals surface area contributed by atoms with Gasteiger partial charge in [0.25, 0.3) is 5.56 Å². The first-order valence-electron chi connectivity index (χ1n) is 7.98. The van der Waals surface area contributed by atoms with Crippen LogP contribution >= 0.6 is 0 Å². The quantitative estimate of drug-likeness (QED) is 0.912. The van der Waals surface area contributed by atoms with E-state index in [0.29, 0.717) is 30.8 Å². The molecule has 2 aromatic heterocycles. The molecule has 0 radical (unpaired) electrons. The van der Waals surface area contributed by atoms with Crippen LogP contribution < -0.4 is 10.9 Å². The van der Waals surface area contributed by atoms with Crippen molar-refractivity contribution in [3.05, 3.63) is 28.8 Å². The zero-order valence-corrected chi connectivity index (χ0v) is 14.9. The predicted molar refractivity (Wildman–Crippen MR) is 93.6 cm³/mol. The van der Waals surface area contributed by atoms with E-state index in [9.17, 15) is 9.59 Å². The fourth-order valence-corrected chi connectivity index (χ4v) is 2.48. The molecule has 7 heteroatoms. The summed E-state index contributed by atoms with van der Waals surface area (Å²) in [6.07, 6.45) is 2.92. The van der Waals surface area contributed by atoms with Gasteiger partial charge in [-0.05, 0) is 33.8 Å². The molecule has 132 valence electrons. The summed E-state index contributed by atoms with van der Waals surface area (Å²) in [6.45, 7) is 8.92. The van der Waals surface area contributed by atoms with Crippen molar-refractivity contribution in [2.24, 2.45) is 0 Å². The summed E-state index contributed by atoms with van der Waals surface area (Å²) in [7, 11) is 1.62. The van der Waals surface area contributed by atoms with Crippen LogP contribution in [0.2, 0.25) is 0 Å². The maximum Gasteiger partial charge on any atom is 0.412 e. The van der Waals surface area contributed by atoms with Gasteiger partial charge in [-0.15, -0.1) is 0 Å². The van der Waals surface area contributed by atoms with E-state index in [-0.39, 0.29) is 5.56 Å². The van der Waals surface area contributed by atoms with Crippen LogP contribution in [0.5, 0.6) is 0 Å². The van der Waals surface area contributed by atoms with E-state index in [2.05, 4.69) is 5.32 Å². The molecule has 0 saturated heterocycles. The standard InChI is InChI=1S/C17H25N3O4/c1-6-19-8-7-13-14(15(19)21)12(11-20(13)9-10-23-5)18-16(22)24-17(2,3)4/h7-8,11H,6,9-10H2,1-5H3,(H,18,22). The Bertz CT molecular complexity index is 783. The highest BCUT2D eigenvalue weighted by atomic mass is 16.6. The minimum atomic E-state index is -0.609. The van der Waals surface area contributed by atoms with Crippen molar-refractivity contribution >= 4 is 22.7 Å². The molecule has 1 N–H and O–H groups in total. The van der Waals surface area contributed by atoms with E-state index < -0.39 is 11.7 Å². The second-order valence-corrected chi connectivity index (χ2v) is 6.52. The topological polar surface area (TPSA) is 74.5 Å². The van der Waals surface area contributed by atoms with E-state index in [1.54, 1.807) is 44.8 Å². The number of nitrogens with zero attached hydrogens (tertiary/aromatic N) is 2. The largest absolute Gasteiger partial charge is 0.444 e. The number of hydrogen-bond donors (Lipinski definition) is 1. The Labute approximate surface area is 141 Å². The molecule has 0 aliphatic heterocycles. The summed E-state index contributed by atoms with van der Waals surface area (Å²) in [4.78, 5) is 24.7. The number of carbonyl (C=O) groups is 1. The monoisotopic (exact) mass is 335 g/mol. The third kappa shape index (κ3) is 3.97. The zero-order valence-electron chi connectivity index (χ0n) is 14.9. The second kappa shape index (κ2) is 7.09. The fourth-order valence-electron chi connectivity index (χ4n) is 2.48. The van der Waals surface area contributed by atoms with E-state index in [0.717, 1.165) is 5.52 Å². The normalized spacial score (nSPS) is 11.7. The average Bonchev–Trinajstić information content (AvgIpc) is 2.82. The van der Waals surface area contributed by atoms with Crippen LogP contribution in [0.3, 0.4) is 0 Å². The van der Waals surface area contributed by atoms with Crippen molar-refractivity contribution in [2.75, 3.05) is 19.0 Å². The van der Waals surface area contributed by atoms with Crippen LogP contribution in [-0.4, -0.2) is 34.5 Å². The Balaban J connectivity index is 2.47. The van der Waals surface area contributed by atoms with Crippen LogP contribution in [0.15, 0.2) is 23.3 Å². The number of anilines is 1. The second-order valence-electron chi connectivity index (χ2n) is 6.52. The van der Waals surface area contributed by atoms with E-state index in [1.807, 2.05) is 17.6 Å². The number of fused-ring (bicyclic) bond motifs is 1. The minimum absolute atomic E-state index is 0.141. The van der Waals surface area contributed by atoms with Gasteiger partial charge >= 0.3 is 6.09 Å². The van der Waals surface area contributed by atoms with Gasteiger partial charge in [0.05, 0.1) is 23.2 Å². The SMILES string of the molecule is CCn1ccc2c(c(NC(=O)OC(C)(C)C)cn2CCOC)c1=O. The predicted octanol–water partition coefficient (Wildman–Crippen LogP) is 2.82. The third-order valence-electron chi connectivity index (χ3n) is 3.52. The molecule has 0 aliphatic carbocycles. The Morgan fingerprint density at radius 2 is 2.00 bits per heavy atom. The maximum absolute atomic E-state index is 12.7. The first kappa shape index (κ1) is 18.1. The number of hydrogen-bond acceptors (Lipinski definition) is 4. The third-order valence-corrected chi connectivity index (χ3v) is 3.52. The fraction of sp³-hybridized carbons (Fsp3) is 0.529. The molecule has 0 bridgehead atoms.